The molecule has 6 heteroatoms. The SMILES string of the molecule is Cc1cc(-c2[nH]nc(N)c2-c2ccc(Cl)c(Cl)c2)sc1C. The smallest absolute Gasteiger partial charge is 0.153 e. The maximum absolute atomic E-state index is 6.11. The van der Waals surface area contributed by atoms with Crippen molar-refractivity contribution in [3.63, 3.8) is 0 Å². The van der Waals surface area contributed by atoms with Crippen LogP contribution >= 0.6 is 34.5 Å². The van der Waals surface area contributed by atoms with Crippen LogP contribution in [0, 0.1) is 13.8 Å². The maximum atomic E-state index is 6.11. The van der Waals surface area contributed by atoms with Gasteiger partial charge in [0.1, 0.15) is 0 Å². The average Bonchev–Trinajstić information content (AvgIpc) is 2.97. The first kappa shape index (κ1) is 14.4. The summed E-state index contributed by atoms with van der Waals surface area (Å²) in [5, 5.41) is 8.19. The summed E-state index contributed by atoms with van der Waals surface area (Å²) >= 11 is 13.8. The van der Waals surface area contributed by atoms with Crippen molar-refractivity contribution in [1.29, 1.82) is 0 Å². The van der Waals surface area contributed by atoms with Crippen LogP contribution in [0.25, 0.3) is 21.7 Å². The number of nitrogen functional groups attached to an aromatic ring is 1. The highest BCUT2D eigenvalue weighted by Gasteiger charge is 2.17. The highest BCUT2D eigenvalue weighted by atomic mass is 35.5. The van der Waals surface area contributed by atoms with E-state index in [0.717, 1.165) is 21.7 Å². The lowest BCUT2D eigenvalue weighted by molar-refractivity contribution is 1.11. The van der Waals surface area contributed by atoms with E-state index in [4.69, 9.17) is 28.9 Å². The second kappa shape index (κ2) is 5.37. The van der Waals surface area contributed by atoms with Crippen molar-refractivity contribution in [2.45, 2.75) is 13.8 Å². The van der Waals surface area contributed by atoms with E-state index >= 15 is 0 Å². The Kier molecular flexibility index (Phi) is 3.69. The predicted molar refractivity (Wildman–Crippen MR) is 91.2 cm³/mol. The quantitative estimate of drug-likeness (QED) is 0.665. The molecule has 2 aromatic heterocycles. The molecule has 0 spiro atoms. The van der Waals surface area contributed by atoms with Gasteiger partial charge in [-0.25, -0.2) is 0 Å². The van der Waals surface area contributed by atoms with E-state index in [-0.39, 0.29) is 0 Å². The first-order valence-electron chi connectivity index (χ1n) is 6.34. The van der Waals surface area contributed by atoms with Gasteiger partial charge in [0, 0.05) is 4.88 Å². The molecule has 3 aromatic rings. The molecule has 0 radical (unpaired) electrons. The molecule has 0 atom stereocenters. The van der Waals surface area contributed by atoms with E-state index in [1.165, 1.54) is 10.4 Å². The minimum atomic E-state index is 0.451. The average molecular weight is 338 g/mol. The van der Waals surface area contributed by atoms with Crippen molar-refractivity contribution in [1.82, 2.24) is 10.2 Å². The standard InChI is InChI=1S/C15H13Cl2N3S/c1-7-5-12(21-8(7)2)14-13(15(18)20-19-14)9-3-4-10(16)11(17)6-9/h3-6H,1-2H3,(H3,18,19,20). The summed E-state index contributed by atoms with van der Waals surface area (Å²) in [7, 11) is 0. The van der Waals surface area contributed by atoms with Crippen LogP contribution in [0.3, 0.4) is 0 Å². The van der Waals surface area contributed by atoms with Gasteiger partial charge < -0.3 is 5.73 Å². The zero-order chi connectivity index (χ0) is 15.1. The minimum Gasteiger partial charge on any atom is -0.382 e. The van der Waals surface area contributed by atoms with Crippen LogP contribution in [-0.2, 0) is 0 Å². The van der Waals surface area contributed by atoms with Gasteiger partial charge in [-0.1, -0.05) is 29.3 Å². The summed E-state index contributed by atoms with van der Waals surface area (Å²) in [5.41, 5.74) is 9.95. The van der Waals surface area contributed by atoms with E-state index < -0.39 is 0 Å². The number of halogens is 2. The number of aromatic amines is 1. The first-order chi connectivity index (χ1) is 9.97. The fourth-order valence-corrected chi connectivity index (χ4v) is 3.51. The molecule has 21 heavy (non-hydrogen) atoms. The molecule has 0 amide bonds. The number of hydrogen-bond acceptors (Lipinski definition) is 3. The maximum Gasteiger partial charge on any atom is 0.153 e. The van der Waals surface area contributed by atoms with Gasteiger partial charge in [0.2, 0.25) is 0 Å². The number of hydrogen-bond donors (Lipinski definition) is 2. The summed E-state index contributed by atoms with van der Waals surface area (Å²) < 4.78 is 0. The molecule has 2 heterocycles. The van der Waals surface area contributed by atoms with Crippen LogP contribution in [0.15, 0.2) is 24.3 Å². The predicted octanol–water partition coefficient (Wildman–Crippen LogP) is 5.31. The number of nitrogens with zero attached hydrogens (tertiary/aromatic N) is 1. The number of nitrogens with two attached hydrogens (primary N) is 1. The first-order valence-corrected chi connectivity index (χ1v) is 7.91. The molecule has 3 nitrogen and oxygen atoms in total. The van der Waals surface area contributed by atoms with E-state index in [1.807, 2.05) is 12.1 Å². The number of anilines is 1. The number of rotatable bonds is 2. The Morgan fingerprint density at radius 2 is 1.90 bits per heavy atom. The summed E-state index contributed by atoms with van der Waals surface area (Å²) in [5.74, 6) is 0.451. The second-order valence-electron chi connectivity index (χ2n) is 4.84. The van der Waals surface area contributed by atoms with Gasteiger partial charge in [-0.2, -0.15) is 5.10 Å². The molecular formula is C15H13Cl2N3S. The number of nitrogens with one attached hydrogen (secondary N) is 1. The number of H-pyrrole nitrogens is 1. The summed E-state index contributed by atoms with van der Waals surface area (Å²) in [6.45, 7) is 4.19. The molecule has 0 saturated heterocycles. The summed E-state index contributed by atoms with van der Waals surface area (Å²) in [6.07, 6.45) is 0. The zero-order valence-electron chi connectivity index (χ0n) is 11.5. The number of benzene rings is 1. The molecule has 3 N–H and O–H groups in total. The second-order valence-corrected chi connectivity index (χ2v) is 6.91. The molecule has 0 unspecified atom stereocenters. The number of aryl methyl sites for hydroxylation is 2. The molecule has 108 valence electrons. The van der Waals surface area contributed by atoms with E-state index in [1.54, 1.807) is 17.4 Å². The molecule has 0 bridgehead atoms. The lowest BCUT2D eigenvalue weighted by atomic mass is 10.0. The fourth-order valence-electron chi connectivity index (χ4n) is 2.17. The van der Waals surface area contributed by atoms with Gasteiger partial charge in [-0.15, -0.1) is 11.3 Å². The van der Waals surface area contributed by atoms with Crippen LogP contribution in [-0.4, -0.2) is 10.2 Å². The van der Waals surface area contributed by atoms with Crippen LogP contribution < -0.4 is 5.73 Å². The van der Waals surface area contributed by atoms with Gasteiger partial charge >= 0.3 is 0 Å². The Bertz CT molecular complexity index is 801. The van der Waals surface area contributed by atoms with Crippen LogP contribution in [0.2, 0.25) is 10.0 Å². The van der Waals surface area contributed by atoms with Crippen molar-refractivity contribution in [2.24, 2.45) is 0 Å². The van der Waals surface area contributed by atoms with Crippen LogP contribution in [0.5, 0.6) is 0 Å². The largest absolute Gasteiger partial charge is 0.382 e. The molecular weight excluding hydrogens is 325 g/mol. The van der Waals surface area contributed by atoms with Crippen LogP contribution in [0.4, 0.5) is 5.82 Å². The van der Waals surface area contributed by atoms with Crippen LogP contribution in [0.1, 0.15) is 10.4 Å². The molecule has 0 saturated carbocycles. The van der Waals surface area contributed by atoms with E-state index in [0.29, 0.717) is 15.9 Å². The third-order valence-corrected chi connectivity index (χ3v) is 5.32. The third kappa shape index (κ3) is 2.55. The molecule has 0 aliphatic heterocycles. The summed E-state index contributed by atoms with van der Waals surface area (Å²) in [4.78, 5) is 2.38. The lowest BCUT2D eigenvalue weighted by Crippen LogP contribution is -1.88. The van der Waals surface area contributed by atoms with Gasteiger partial charge in [0.15, 0.2) is 5.82 Å². The van der Waals surface area contributed by atoms with Crippen molar-refractivity contribution in [2.75, 3.05) is 5.73 Å². The van der Waals surface area contributed by atoms with Gasteiger partial charge in [-0.05, 0) is 43.2 Å². The van der Waals surface area contributed by atoms with E-state index in [2.05, 4.69) is 30.1 Å². The van der Waals surface area contributed by atoms with Crippen molar-refractivity contribution >= 4 is 40.4 Å². The minimum absolute atomic E-state index is 0.451. The number of thiophene rings is 1. The Labute approximate surface area is 136 Å². The van der Waals surface area contributed by atoms with Gasteiger partial charge in [-0.3, -0.25) is 5.10 Å². The topological polar surface area (TPSA) is 54.7 Å². The number of aromatic nitrogens is 2. The highest BCUT2D eigenvalue weighted by Crippen LogP contribution is 2.40. The Hall–Kier alpha value is -1.49. The highest BCUT2D eigenvalue weighted by molar-refractivity contribution is 7.15. The Morgan fingerprint density at radius 1 is 1.14 bits per heavy atom. The third-order valence-electron chi connectivity index (χ3n) is 3.41. The van der Waals surface area contributed by atoms with Gasteiger partial charge in [0.25, 0.3) is 0 Å². The van der Waals surface area contributed by atoms with Gasteiger partial charge in [0.05, 0.1) is 26.2 Å². The van der Waals surface area contributed by atoms with E-state index in [9.17, 15) is 0 Å². The molecule has 3 rings (SSSR count). The molecule has 0 aliphatic carbocycles. The normalized spacial score (nSPS) is 11.0. The Balaban J connectivity index is 2.19. The van der Waals surface area contributed by atoms with Crippen molar-refractivity contribution in [3.8, 4) is 21.7 Å². The molecule has 0 aliphatic rings. The molecule has 0 fully saturated rings. The van der Waals surface area contributed by atoms with Crippen molar-refractivity contribution < 1.29 is 0 Å². The van der Waals surface area contributed by atoms with Crippen molar-refractivity contribution in [3.05, 3.63) is 44.8 Å². The zero-order valence-corrected chi connectivity index (χ0v) is 13.8. The fraction of sp³-hybridized carbons (Fsp3) is 0.133. The summed E-state index contributed by atoms with van der Waals surface area (Å²) in [6, 6.07) is 7.60. The Morgan fingerprint density at radius 3 is 2.52 bits per heavy atom. The molecule has 1 aromatic carbocycles. The monoisotopic (exact) mass is 337 g/mol. The lowest BCUT2D eigenvalue weighted by Gasteiger charge is -2.05.